The lowest BCUT2D eigenvalue weighted by Gasteiger charge is -2.19. The van der Waals surface area contributed by atoms with Crippen molar-refractivity contribution in [3.8, 4) is 0 Å². The van der Waals surface area contributed by atoms with E-state index in [1.807, 2.05) is 6.26 Å². The molecule has 0 aliphatic carbocycles. The predicted molar refractivity (Wildman–Crippen MR) is 96.8 cm³/mol. The second-order valence-electron chi connectivity index (χ2n) is 4.60. The minimum absolute atomic E-state index is 0.0309. The van der Waals surface area contributed by atoms with Gasteiger partial charge in [-0.3, -0.25) is 14.9 Å². The van der Waals surface area contributed by atoms with Gasteiger partial charge >= 0.3 is 0 Å². The lowest BCUT2D eigenvalue weighted by Crippen LogP contribution is -2.27. The van der Waals surface area contributed by atoms with Crippen molar-refractivity contribution >= 4 is 56.6 Å². The Morgan fingerprint density at radius 3 is 2.57 bits per heavy atom. The molecule has 0 fully saturated rings. The molecule has 5 nitrogen and oxygen atoms in total. The van der Waals surface area contributed by atoms with Crippen molar-refractivity contribution in [1.29, 1.82) is 0 Å². The molecule has 23 heavy (non-hydrogen) atoms. The van der Waals surface area contributed by atoms with E-state index in [0.29, 0.717) is 10.7 Å². The molecule has 0 unspecified atom stereocenters. The van der Waals surface area contributed by atoms with Crippen LogP contribution in [0.25, 0.3) is 0 Å². The Balaban J connectivity index is 2.48. The lowest BCUT2D eigenvalue weighted by molar-refractivity contribution is -0.385. The molecule has 120 valence electrons. The van der Waals surface area contributed by atoms with Crippen molar-refractivity contribution in [2.75, 3.05) is 18.2 Å². The maximum absolute atomic E-state index is 12.7. The molecule has 8 heteroatoms. The summed E-state index contributed by atoms with van der Waals surface area (Å²) in [5, 5.41) is 11.6. The molecule has 0 radical (unpaired) electrons. The molecule has 2 rings (SSSR count). The molecular weight excluding hydrogens is 404 g/mol. The van der Waals surface area contributed by atoms with Gasteiger partial charge in [-0.2, -0.15) is 0 Å². The van der Waals surface area contributed by atoms with E-state index in [4.69, 9.17) is 11.6 Å². The molecule has 0 spiro atoms. The summed E-state index contributed by atoms with van der Waals surface area (Å²) < 4.78 is 0.780. The Bertz CT molecular complexity index is 785. The standard InChI is InChI=1S/C15H12BrClN2O3S/c1-18(14-5-3-9(16)7-12(14)17)15(20)11-8-10(23-2)4-6-13(11)19(21)22/h3-8H,1-2H3. The number of hydrogen-bond acceptors (Lipinski definition) is 4. The average molecular weight is 416 g/mol. The van der Waals surface area contributed by atoms with Crippen LogP contribution in [0.4, 0.5) is 11.4 Å². The molecule has 0 aliphatic heterocycles. The monoisotopic (exact) mass is 414 g/mol. The quantitative estimate of drug-likeness (QED) is 0.400. The van der Waals surface area contributed by atoms with Crippen LogP contribution in [0.2, 0.25) is 5.02 Å². The summed E-state index contributed by atoms with van der Waals surface area (Å²) in [6, 6.07) is 9.57. The van der Waals surface area contributed by atoms with Gasteiger partial charge < -0.3 is 4.90 Å². The highest BCUT2D eigenvalue weighted by Gasteiger charge is 2.25. The van der Waals surface area contributed by atoms with E-state index in [2.05, 4.69) is 15.9 Å². The summed E-state index contributed by atoms with van der Waals surface area (Å²) in [4.78, 5) is 25.4. The van der Waals surface area contributed by atoms with Gasteiger partial charge in [-0.1, -0.05) is 27.5 Å². The van der Waals surface area contributed by atoms with Crippen LogP contribution in [0, 0.1) is 10.1 Å². The predicted octanol–water partition coefficient (Wildman–Crippen LogP) is 5.01. The second-order valence-corrected chi connectivity index (χ2v) is 6.80. The molecule has 0 aliphatic rings. The van der Waals surface area contributed by atoms with Gasteiger partial charge in [-0.25, -0.2) is 0 Å². The molecule has 2 aromatic rings. The summed E-state index contributed by atoms with van der Waals surface area (Å²) in [5.41, 5.74) is 0.278. The molecule has 0 bridgehead atoms. The van der Waals surface area contributed by atoms with Crippen LogP contribution < -0.4 is 4.90 Å². The van der Waals surface area contributed by atoms with Gasteiger partial charge in [-0.15, -0.1) is 11.8 Å². The Kier molecular flexibility index (Phi) is 5.67. The summed E-state index contributed by atoms with van der Waals surface area (Å²) in [6.45, 7) is 0. The van der Waals surface area contributed by atoms with E-state index < -0.39 is 10.8 Å². The minimum Gasteiger partial charge on any atom is -0.310 e. The summed E-state index contributed by atoms with van der Waals surface area (Å²) in [7, 11) is 1.53. The van der Waals surface area contributed by atoms with E-state index in [0.717, 1.165) is 9.37 Å². The number of nitro benzene ring substituents is 1. The van der Waals surface area contributed by atoms with Gasteiger partial charge in [0.25, 0.3) is 11.6 Å². The minimum atomic E-state index is -0.561. The van der Waals surface area contributed by atoms with Crippen molar-refractivity contribution in [1.82, 2.24) is 0 Å². The van der Waals surface area contributed by atoms with Gasteiger partial charge in [0, 0.05) is 22.5 Å². The zero-order valence-electron chi connectivity index (χ0n) is 12.2. The topological polar surface area (TPSA) is 63.5 Å². The van der Waals surface area contributed by atoms with Crippen LogP contribution in [0.15, 0.2) is 45.8 Å². The van der Waals surface area contributed by atoms with Gasteiger partial charge in [0.05, 0.1) is 15.6 Å². The SMILES string of the molecule is CSc1ccc([N+](=O)[O-])c(C(=O)N(C)c2ccc(Br)cc2Cl)c1. The maximum Gasteiger partial charge on any atom is 0.282 e. The van der Waals surface area contributed by atoms with Crippen molar-refractivity contribution < 1.29 is 9.72 Å². The highest BCUT2D eigenvalue weighted by atomic mass is 79.9. The van der Waals surface area contributed by atoms with E-state index in [9.17, 15) is 14.9 Å². The zero-order valence-corrected chi connectivity index (χ0v) is 15.4. The number of anilines is 1. The number of carbonyl (C=O) groups excluding carboxylic acids is 1. The van der Waals surface area contributed by atoms with E-state index in [-0.39, 0.29) is 11.3 Å². The molecule has 2 aromatic carbocycles. The molecule has 0 atom stereocenters. The number of amides is 1. The number of benzene rings is 2. The third-order valence-corrected chi connectivity index (χ3v) is 4.73. The first-order valence-corrected chi connectivity index (χ1v) is 8.80. The number of nitro groups is 1. The van der Waals surface area contributed by atoms with Crippen LogP contribution in [0.5, 0.6) is 0 Å². The fourth-order valence-electron chi connectivity index (χ4n) is 2.02. The van der Waals surface area contributed by atoms with Crippen LogP contribution in [-0.4, -0.2) is 24.1 Å². The number of hydrogen-bond donors (Lipinski definition) is 0. The summed E-state index contributed by atoms with van der Waals surface area (Å²) in [6.07, 6.45) is 1.84. The van der Waals surface area contributed by atoms with Crippen molar-refractivity contribution in [3.05, 3.63) is 61.6 Å². The van der Waals surface area contributed by atoms with Crippen molar-refractivity contribution in [3.63, 3.8) is 0 Å². The lowest BCUT2D eigenvalue weighted by atomic mass is 10.1. The van der Waals surface area contributed by atoms with E-state index in [1.54, 1.807) is 24.3 Å². The Hall–Kier alpha value is -1.57. The Morgan fingerprint density at radius 2 is 2.00 bits per heavy atom. The molecule has 0 aromatic heterocycles. The smallest absolute Gasteiger partial charge is 0.282 e. The first kappa shape index (κ1) is 17.8. The van der Waals surface area contributed by atoms with E-state index >= 15 is 0 Å². The van der Waals surface area contributed by atoms with Crippen LogP contribution >= 0.6 is 39.3 Å². The molecular formula is C15H12BrClN2O3S. The molecule has 0 saturated heterocycles. The van der Waals surface area contributed by atoms with Gasteiger partial charge in [0.15, 0.2) is 0 Å². The van der Waals surface area contributed by atoms with Gasteiger partial charge in [0.1, 0.15) is 5.56 Å². The first-order chi connectivity index (χ1) is 10.8. The van der Waals surface area contributed by atoms with Crippen LogP contribution in [0.1, 0.15) is 10.4 Å². The van der Waals surface area contributed by atoms with Crippen molar-refractivity contribution in [2.24, 2.45) is 0 Å². The highest BCUT2D eigenvalue weighted by Crippen LogP contribution is 2.31. The number of thioether (sulfide) groups is 1. The van der Waals surface area contributed by atoms with Crippen LogP contribution in [0.3, 0.4) is 0 Å². The summed E-state index contributed by atoms with van der Waals surface area (Å²) >= 11 is 10.9. The summed E-state index contributed by atoms with van der Waals surface area (Å²) in [5.74, 6) is -0.489. The van der Waals surface area contributed by atoms with Crippen molar-refractivity contribution in [2.45, 2.75) is 4.90 Å². The number of carbonyl (C=O) groups is 1. The van der Waals surface area contributed by atoms with Gasteiger partial charge in [-0.05, 0) is 36.6 Å². The number of nitrogens with zero attached hydrogens (tertiary/aromatic N) is 2. The maximum atomic E-state index is 12.7. The number of rotatable bonds is 4. The molecule has 0 heterocycles. The zero-order chi connectivity index (χ0) is 17.1. The molecule has 0 saturated carbocycles. The largest absolute Gasteiger partial charge is 0.310 e. The Morgan fingerprint density at radius 1 is 1.30 bits per heavy atom. The third kappa shape index (κ3) is 3.85. The third-order valence-electron chi connectivity index (χ3n) is 3.21. The molecule has 0 N–H and O–H groups in total. The number of halogens is 2. The van der Waals surface area contributed by atoms with E-state index in [1.165, 1.54) is 35.8 Å². The molecule has 1 amide bonds. The second kappa shape index (κ2) is 7.33. The fraction of sp³-hybridized carbons (Fsp3) is 0.133. The fourth-order valence-corrected chi connectivity index (χ4v) is 3.26. The average Bonchev–Trinajstić information content (AvgIpc) is 2.52. The first-order valence-electron chi connectivity index (χ1n) is 6.40. The van der Waals surface area contributed by atoms with Gasteiger partial charge in [0.2, 0.25) is 0 Å². The Labute approximate surface area is 150 Å². The van der Waals surface area contributed by atoms with Crippen LogP contribution in [-0.2, 0) is 0 Å². The highest BCUT2D eigenvalue weighted by molar-refractivity contribution is 9.10. The normalized spacial score (nSPS) is 10.4.